The van der Waals surface area contributed by atoms with Gasteiger partial charge in [-0.2, -0.15) is 4.31 Å². The highest BCUT2D eigenvalue weighted by molar-refractivity contribution is 7.89. The highest BCUT2D eigenvalue weighted by Gasteiger charge is 2.35. The molecule has 1 saturated heterocycles. The molecule has 0 radical (unpaired) electrons. The molecule has 2 aliphatic rings. The molecule has 1 aliphatic heterocycles. The van der Waals surface area contributed by atoms with Gasteiger partial charge in [0.2, 0.25) is 5.91 Å². The number of hydrogen-bond donors (Lipinski definition) is 1. The molecule has 0 bridgehead atoms. The fraction of sp³-hybridized carbons (Fsp3) is 0.545. The Morgan fingerprint density at radius 1 is 1.20 bits per heavy atom. The number of sulfonamides is 1. The maximum atomic E-state index is 13.1. The van der Waals surface area contributed by atoms with Crippen molar-refractivity contribution in [3.8, 4) is 0 Å². The van der Waals surface area contributed by atoms with E-state index in [0.29, 0.717) is 19.4 Å². The number of imidazole rings is 1. The lowest BCUT2D eigenvalue weighted by Crippen LogP contribution is -2.43. The maximum Gasteiger partial charge on any atom is 0.262 e. The van der Waals surface area contributed by atoms with Gasteiger partial charge in [0.25, 0.3) is 10.0 Å². The quantitative estimate of drug-likeness (QED) is 0.788. The number of benzene rings is 1. The molecular weight excluding hydrogens is 400 g/mol. The molecule has 8 heteroatoms. The van der Waals surface area contributed by atoms with Gasteiger partial charge >= 0.3 is 0 Å². The largest absolute Gasteiger partial charge is 0.334 e. The third-order valence-electron chi connectivity index (χ3n) is 6.19. The molecular formula is C22H30N4O3S. The van der Waals surface area contributed by atoms with Crippen molar-refractivity contribution in [2.45, 2.75) is 63.4 Å². The minimum atomic E-state index is -3.71. The Morgan fingerprint density at radius 2 is 2.00 bits per heavy atom. The summed E-state index contributed by atoms with van der Waals surface area (Å²) in [6.07, 6.45) is 8.82. The molecule has 0 spiro atoms. The normalized spacial score (nSPS) is 20.2. The minimum absolute atomic E-state index is 0.0504. The summed E-state index contributed by atoms with van der Waals surface area (Å²) in [5.74, 6) is -0.457. The molecule has 162 valence electrons. The van der Waals surface area contributed by atoms with Crippen molar-refractivity contribution >= 4 is 21.6 Å². The summed E-state index contributed by atoms with van der Waals surface area (Å²) in [6, 6.07) is 6.22. The number of carbonyl (C=O) groups excluding carboxylic acids is 1. The second-order valence-electron chi connectivity index (χ2n) is 8.59. The van der Waals surface area contributed by atoms with Crippen molar-refractivity contribution in [3.05, 3.63) is 41.9 Å². The first kappa shape index (κ1) is 21.1. The first-order valence-electron chi connectivity index (χ1n) is 10.8. The number of carbonyl (C=O) groups is 1. The summed E-state index contributed by atoms with van der Waals surface area (Å²) in [5.41, 5.74) is 3.43. The third-order valence-corrected chi connectivity index (χ3v) is 7.94. The van der Waals surface area contributed by atoms with E-state index in [-0.39, 0.29) is 29.4 Å². The van der Waals surface area contributed by atoms with Crippen molar-refractivity contribution in [2.24, 2.45) is 5.92 Å². The lowest BCUT2D eigenvalue weighted by Gasteiger charge is -2.31. The topological polar surface area (TPSA) is 84.3 Å². The van der Waals surface area contributed by atoms with Crippen LogP contribution >= 0.6 is 0 Å². The molecule has 1 atom stereocenters. The predicted molar refractivity (Wildman–Crippen MR) is 116 cm³/mol. The minimum Gasteiger partial charge on any atom is -0.334 e. The van der Waals surface area contributed by atoms with E-state index >= 15 is 0 Å². The molecule has 1 fully saturated rings. The van der Waals surface area contributed by atoms with Crippen LogP contribution in [0.1, 0.15) is 56.7 Å². The molecule has 1 N–H and O–H groups in total. The number of piperidine rings is 1. The van der Waals surface area contributed by atoms with Gasteiger partial charge < -0.3 is 9.88 Å². The van der Waals surface area contributed by atoms with E-state index in [0.717, 1.165) is 24.9 Å². The predicted octanol–water partition coefficient (Wildman–Crippen LogP) is 3.38. The number of nitrogens with zero attached hydrogens (tertiary/aromatic N) is 3. The molecule has 2 aromatic rings. The van der Waals surface area contributed by atoms with Crippen LogP contribution in [0.15, 0.2) is 35.7 Å². The number of aromatic nitrogens is 2. The molecule has 1 aliphatic carbocycles. The van der Waals surface area contributed by atoms with Crippen LogP contribution in [-0.2, 0) is 27.7 Å². The van der Waals surface area contributed by atoms with E-state index in [1.165, 1.54) is 21.9 Å². The first-order chi connectivity index (χ1) is 14.4. The molecule has 4 rings (SSSR count). The summed E-state index contributed by atoms with van der Waals surface area (Å²) >= 11 is 0. The van der Waals surface area contributed by atoms with Crippen LogP contribution in [0, 0.1) is 5.92 Å². The Kier molecular flexibility index (Phi) is 5.97. The van der Waals surface area contributed by atoms with Crippen molar-refractivity contribution in [1.82, 2.24) is 13.9 Å². The number of amides is 1. The van der Waals surface area contributed by atoms with Crippen LogP contribution in [-0.4, -0.2) is 41.3 Å². The average Bonchev–Trinajstić information content (AvgIpc) is 3.26. The van der Waals surface area contributed by atoms with Crippen LogP contribution in [0.2, 0.25) is 0 Å². The molecule has 1 aromatic heterocycles. The van der Waals surface area contributed by atoms with Crippen LogP contribution in [0.5, 0.6) is 0 Å². The molecule has 1 amide bonds. The summed E-state index contributed by atoms with van der Waals surface area (Å²) in [6.45, 7) is 4.56. The number of fused-ring (bicyclic) bond motifs is 1. The van der Waals surface area contributed by atoms with Gasteiger partial charge in [0, 0.05) is 31.0 Å². The Hall–Kier alpha value is -2.19. The fourth-order valence-electron chi connectivity index (χ4n) is 4.37. The fourth-order valence-corrected chi connectivity index (χ4v) is 5.82. The number of nitrogens with one attached hydrogen (secondary N) is 1. The Bertz CT molecular complexity index is 1030. The highest BCUT2D eigenvalue weighted by Crippen LogP contribution is 2.29. The Balaban J connectivity index is 1.48. The lowest BCUT2D eigenvalue weighted by atomic mass is 9.90. The zero-order valence-corrected chi connectivity index (χ0v) is 18.5. The van der Waals surface area contributed by atoms with E-state index in [4.69, 9.17) is 0 Å². The number of anilines is 1. The van der Waals surface area contributed by atoms with E-state index in [2.05, 4.69) is 16.4 Å². The zero-order valence-electron chi connectivity index (χ0n) is 17.7. The monoisotopic (exact) mass is 430 g/mol. The van der Waals surface area contributed by atoms with Gasteiger partial charge in [-0.15, -0.1) is 0 Å². The second-order valence-corrected chi connectivity index (χ2v) is 10.5. The van der Waals surface area contributed by atoms with Gasteiger partial charge in [-0.05, 0) is 69.6 Å². The van der Waals surface area contributed by atoms with Crippen LogP contribution < -0.4 is 5.32 Å². The van der Waals surface area contributed by atoms with Crippen molar-refractivity contribution in [3.63, 3.8) is 0 Å². The van der Waals surface area contributed by atoms with Gasteiger partial charge in [0.05, 0.1) is 12.2 Å². The summed E-state index contributed by atoms with van der Waals surface area (Å²) < 4.78 is 29.3. The smallest absolute Gasteiger partial charge is 0.262 e. The number of aryl methyl sites for hydroxylation is 1. The zero-order chi connectivity index (χ0) is 21.3. The molecule has 0 unspecified atom stereocenters. The van der Waals surface area contributed by atoms with Gasteiger partial charge in [0.1, 0.15) is 0 Å². The van der Waals surface area contributed by atoms with Crippen LogP contribution in [0.25, 0.3) is 0 Å². The van der Waals surface area contributed by atoms with Gasteiger partial charge in [-0.25, -0.2) is 13.4 Å². The molecule has 2 heterocycles. The summed E-state index contributed by atoms with van der Waals surface area (Å²) in [4.78, 5) is 17.1. The van der Waals surface area contributed by atoms with E-state index < -0.39 is 10.0 Å². The number of hydrogen-bond acceptors (Lipinski definition) is 4. The molecule has 1 aromatic carbocycles. The third kappa shape index (κ3) is 4.16. The lowest BCUT2D eigenvalue weighted by molar-refractivity contribution is -0.120. The highest BCUT2D eigenvalue weighted by atomic mass is 32.2. The average molecular weight is 431 g/mol. The molecule has 30 heavy (non-hydrogen) atoms. The van der Waals surface area contributed by atoms with Crippen molar-refractivity contribution < 1.29 is 13.2 Å². The maximum absolute atomic E-state index is 13.1. The Morgan fingerprint density at radius 3 is 2.77 bits per heavy atom. The van der Waals surface area contributed by atoms with Crippen LogP contribution in [0.4, 0.5) is 5.69 Å². The standard InChI is InChI=1S/C22H30N4O3S/c1-16(2)25-14-21(23-15-25)30(28,29)26-12-6-9-18(13-26)22(27)24-20-11-5-8-17-7-3-4-10-19(17)20/h5,8,11,14-16,18H,3-4,6-7,9-10,12-13H2,1-2H3,(H,24,27)/t18-/m0/s1. The van der Waals surface area contributed by atoms with E-state index in [1.807, 2.05) is 26.0 Å². The van der Waals surface area contributed by atoms with E-state index in [9.17, 15) is 13.2 Å². The van der Waals surface area contributed by atoms with E-state index in [1.54, 1.807) is 17.1 Å². The molecule has 0 saturated carbocycles. The molecule has 7 nitrogen and oxygen atoms in total. The Labute approximate surface area is 178 Å². The van der Waals surface area contributed by atoms with Crippen molar-refractivity contribution in [1.29, 1.82) is 0 Å². The summed E-state index contributed by atoms with van der Waals surface area (Å²) in [7, 11) is -3.71. The first-order valence-corrected chi connectivity index (χ1v) is 12.3. The van der Waals surface area contributed by atoms with Gasteiger partial charge in [-0.1, -0.05) is 12.1 Å². The second kappa shape index (κ2) is 8.51. The van der Waals surface area contributed by atoms with Gasteiger partial charge in [-0.3, -0.25) is 4.79 Å². The van der Waals surface area contributed by atoms with Crippen LogP contribution in [0.3, 0.4) is 0 Å². The SMILES string of the molecule is CC(C)n1cnc(S(=O)(=O)N2CCC[C@H](C(=O)Nc3cccc4c3CCCC4)C2)c1. The van der Waals surface area contributed by atoms with Gasteiger partial charge in [0.15, 0.2) is 5.03 Å². The van der Waals surface area contributed by atoms with Crippen molar-refractivity contribution in [2.75, 3.05) is 18.4 Å². The number of rotatable bonds is 5. The summed E-state index contributed by atoms with van der Waals surface area (Å²) in [5, 5.41) is 3.14.